The van der Waals surface area contributed by atoms with Gasteiger partial charge in [-0.2, -0.15) is 0 Å². The van der Waals surface area contributed by atoms with Gasteiger partial charge in [0.1, 0.15) is 5.54 Å². The Kier molecular flexibility index (Phi) is 2.43. The first kappa shape index (κ1) is 11.1. The number of amides is 1. The van der Waals surface area contributed by atoms with Gasteiger partial charge < -0.3 is 10.2 Å². The minimum atomic E-state index is -0.323. The van der Waals surface area contributed by atoms with Crippen LogP contribution in [0.25, 0.3) is 0 Å². The van der Waals surface area contributed by atoms with E-state index in [1.807, 2.05) is 25.2 Å². The second-order valence-electron chi connectivity index (χ2n) is 4.89. The number of hydrogen-bond donors (Lipinski definition) is 1. The molecule has 0 aromatic heterocycles. The van der Waals surface area contributed by atoms with Crippen LogP contribution in [0.5, 0.6) is 0 Å². The number of para-hydroxylation sites is 1. The molecule has 0 bridgehead atoms. The number of likely N-dealkylation sites (N-methyl/N-ethyl adjacent to an activating group) is 1. The maximum Gasteiger partial charge on any atom is 0.250 e. The minimum absolute atomic E-state index is 0.156. The predicted octanol–water partition coefficient (Wildman–Crippen LogP) is 3.15. The Bertz CT molecular complexity index is 480. The summed E-state index contributed by atoms with van der Waals surface area (Å²) in [5, 5.41) is 3.05. The van der Waals surface area contributed by atoms with E-state index in [9.17, 15) is 4.79 Å². The molecule has 17 heavy (non-hydrogen) atoms. The summed E-state index contributed by atoms with van der Waals surface area (Å²) in [6.07, 6.45) is 4.18. The van der Waals surface area contributed by atoms with Crippen LogP contribution in [-0.4, -0.2) is 18.5 Å². The van der Waals surface area contributed by atoms with Crippen molar-refractivity contribution in [3.8, 4) is 0 Å². The van der Waals surface area contributed by atoms with Gasteiger partial charge in [0, 0.05) is 11.5 Å². The summed E-state index contributed by atoms with van der Waals surface area (Å²) in [6.45, 7) is 0. The molecule has 1 amide bonds. The summed E-state index contributed by atoms with van der Waals surface area (Å²) in [7, 11) is 2.04. The van der Waals surface area contributed by atoms with Gasteiger partial charge in [-0.3, -0.25) is 4.79 Å². The number of carbonyl (C=O) groups excluding carboxylic acids is 1. The molecule has 1 spiro atoms. The zero-order valence-electron chi connectivity index (χ0n) is 9.79. The molecule has 0 unspecified atom stereocenters. The van der Waals surface area contributed by atoms with Crippen LogP contribution in [0, 0.1) is 0 Å². The molecule has 1 aromatic carbocycles. The van der Waals surface area contributed by atoms with E-state index in [4.69, 9.17) is 0 Å². The minimum Gasteiger partial charge on any atom is -0.358 e. The number of rotatable bonds is 0. The zero-order valence-corrected chi connectivity index (χ0v) is 11.4. The second-order valence-corrected chi connectivity index (χ2v) is 5.74. The third-order valence-corrected chi connectivity index (χ3v) is 4.71. The van der Waals surface area contributed by atoms with Crippen LogP contribution >= 0.6 is 15.9 Å². The summed E-state index contributed by atoms with van der Waals surface area (Å²) in [6, 6.07) is 5.93. The molecule has 90 valence electrons. The van der Waals surface area contributed by atoms with Crippen molar-refractivity contribution in [2.24, 2.45) is 0 Å². The van der Waals surface area contributed by atoms with E-state index in [0.717, 1.165) is 41.5 Å². The summed E-state index contributed by atoms with van der Waals surface area (Å²) in [5.41, 5.74) is 1.69. The maximum atomic E-state index is 12.3. The zero-order chi connectivity index (χ0) is 12.0. The highest BCUT2D eigenvalue weighted by Crippen LogP contribution is 2.46. The summed E-state index contributed by atoms with van der Waals surface area (Å²) in [4.78, 5) is 14.5. The lowest BCUT2D eigenvalue weighted by atomic mass is 9.91. The molecule has 1 aliphatic heterocycles. The predicted molar refractivity (Wildman–Crippen MR) is 72.4 cm³/mol. The van der Waals surface area contributed by atoms with Gasteiger partial charge in [0.05, 0.1) is 11.4 Å². The van der Waals surface area contributed by atoms with Crippen molar-refractivity contribution >= 4 is 33.2 Å². The van der Waals surface area contributed by atoms with E-state index in [1.54, 1.807) is 0 Å². The number of benzene rings is 1. The van der Waals surface area contributed by atoms with Gasteiger partial charge in [-0.1, -0.05) is 18.9 Å². The van der Waals surface area contributed by atoms with E-state index in [1.165, 1.54) is 0 Å². The number of anilines is 2. The lowest BCUT2D eigenvalue weighted by Crippen LogP contribution is -2.56. The summed E-state index contributed by atoms with van der Waals surface area (Å²) < 4.78 is 1.05. The quantitative estimate of drug-likeness (QED) is 0.797. The van der Waals surface area contributed by atoms with E-state index < -0.39 is 0 Å². The van der Waals surface area contributed by atoms with E-state index in [-0.39, 0.29) is 11.4 Å². The molecule has 0 radical (unpaired) electrons. The van der Waals surface area contributed by atoms with Crippen LogP contribution in [0.2, 0.25) is 0 Å². The Morgan fingerprint density at radius 3 is 2.76 bits per heavy atom. The Morgan fingerprint density at radius 1 is 1.35 bits per heavy atom. The van der Waals surface area contributed by atoms with Gasteiger partial charge in [-0.15, -0.1) is 0 Å². The molecular weight excluding hydrogens is 280 g/mol. The van der Waals surface area contributed by atoms with Gasteiger partial charge in [-0.05, 0) is 40.9 Å². The fraction of sp³-hybridized carbons (Fsp3) is 0.462. The van der Waals surface area contributed by atoms with Gasteiger partial charge in [-0.25, -0.2) is 0 Å². The Labute approximate surface area is 109 Å². The molecule has 0 atom stereocenters. The average Bonchev–Trinajstić information content (AvgIpc) is 2.77. The SMILES string of the molecule is CN1c2c(Br)cccc2NC(=O)C12CCCC2. The van der Waals surface area contributed by atoms with Crippen molar-refractivity contribution in [3.05, 3.63) is 22.7 Å². The van der Waals surface area contributed by atoms with Crippen molar-refractivity contribution in [2.45, 2.75) is 31.2 Å². The van der Waals surface area contributed by atoms with Crippen molar-refractivity contribution in [1.82, 2.24) is 0 Å². The molecule has 3 rings (SSSR count). The Hall–Kier alpha value is -1.03. The second kappa shape index (κ2) is 3.73. The Balaban J connectivity index is 2.15. The van der Waals surface area contributed by atoms with E-state index in [0.29, 0.717) is 0 Å². The van der Waals surface area contributed by atoms with Crippen LogP contribution in [0.3, 0.4) is 0 Å². The number of nitrogens with one attached hydrogen (secondary N) is 1. The smallest absolute Gasteiger partial charge is 0.250 e. The third kappa shape index (κ3) is 1.43. The molecule has 2 aliphatic rings. The van der Waals surface area contributed by atoms with Crippen molar-refractivity contribution in [2.75, 3.05) is 17.3 Å². The molecule has 1 saturated carbocycles. The van der Waals surface area contributed by atoms with Crippen molar-refractivity contribution < 1.29 is 4.79 Å². The molecule has 1 aromatic rings. The standard InChI is InChI=1S/C13H15BrN2O/c1-16-11-9(14)5-4-6-10(11)15-12(17)13(16)7-2-3-8-13/h4-6H,2-3,7-8H2,1H3,(H,15,17). The Morgan fingerprint density at radius 2 is 2.06 bits per heavy atom. The van der Waals surface area contributed by atoms with Gasteiger partial charge in [0.15, 0.2) is 0 Å². The molecule has 4 heteroatoms. The van der Waals surface area contributed by atoms with E-state index >= 15 is 0 Å². The monoisotopic (exact) mass is 294 g/mol. The first-order valence-corrected chi connectivity index (χ1v) is 6.78. The van der Waals surface area contributed by atoms with Crippen LogP contribution in [0.15, 0.2) is 22.7 Å². The maximum absolute atomic E-state index is 12.3. The highest BCUT2D eigenvalue weighted by atomic mass is 79.9. The number of carbonyl (C=O) groups is 1. The van der Waals surface area contributed by atoms with Crippen LogP contribution in [0.4, 0.5) is 11.4 Å². The largest absolute Gasteiger partial charge is 0.358 e. The summed E-state index contributed by atoms with van der Waals surface area (Å²) >= 11 is 3.58. The highest BCUT2D eigenvalue weighted by Gasteiger charge is 2.48. The van der Waals surface area contributed by atoms with Crippen molar-refractivity contribution in [1.29, 1.82) is 0 Å². The van der Waals surface area contributed by atoms with Crippen molar-refractivity contribution in [3.63, 3.8) is 0 Å². The van der Waals surface area contributed by atoms with Crippen LogP contribution in [-0.2, 0) is 4.79 Å². The number of hydrogen-bond acceptors (Lipinski definition) is 2. The normalized spacial score (nSPS) is 21.5. The molecular formula is C13H15BrN2O. The number of halogens is 1. The van der Waals surface area contributed by atoms with E-state index in [2.05, 4.69) is 26.1 Å². The molecule has 1 fully saturated rings. The first-order valence-electron chi connectivity index (χ1n) is 5.99. The first-order chi connectivity index (χ1) is 8.15. The van der Waals surface area contributed by atoms with Gasteiger partial charge in [0.25, 0.3) is 0 Å². The molecule has 0 saturated heterocycles. The lowest BCUT2D eigenvalue weighted by molar-refractivity contribution is -0.121. The fourth-order valence-electron chi connectivity index (χ4n) is 3.08. The highest BCUT2D eigenvalue weighted by molar-refractivity contribution is 9.10. The molecule has 1 aliphatic carbocycles. The van der Waals surface area contributed by atoms with Crippen LogP contribution < -0.4 is 10.2 Å². The number of fused-ring (bicyclic) bond motifs is 1. The summed E-state index contributed by atoms with van der Waals surface area (Å²) in [5.74, 6) is 0.156. The fourth-order valence-corrected chi connectivity index (χ4v) is 3.72. The van der Waals surface area contributed by atoms with Gasteiger partial charge in [0.2, 0.25) is 5.91 Å². The topological polar surface area (TPSA) is 32.3 Å². The number of nitrogens with zero attached hydrogens (tertiary/aromatic N) is 1. The van der Waals surface area contributed by atoms with Crippen LogP contribution in [0.1, 0.15) is 25.7 Å². The third-order valence-electron chi connectivity index (χ3n) is 4.07. The lowest BCUT2D eigenvalue weighted by Gasteiger charge is -2.44. The molecule has 3 nitrogen and oxygen atoms in total. The molecule has 1 N–H and O–H groups in total. The average molecular weight is 295 g/mol. The molecule has 1 heterocycles. The van der Waals surface area contributed by atoms with Gasteiger partial charge >= 0.3 is 0 Å².